The molecule has 0 saturated carbocycles. The zero-order valence-corrected chi connectivity index (χ0v) is 9.62. The van der Waals surface area contributed by atoms with E-state index in [0.29, 0.717) is 0 Å². The first-order chi connectivity index (χ1) is 5.84. The molecule has 0 aliphatic carbocycles. The van der Waals surface area contributed by atoms with Gasteiger partial charge >= 0.3 is 0 Å². The first-order valence-electron chi connectivity index (χ1n) is 4.15. The van der Waals surface area contributed by atoms with Crippen molar-refractivity contribution in [2.45, 2.75) is 19.1 Å². The Bertz CT molecular complexity index is 235. The number of rotatable bonds is 4. The Morgan fingerprint density at radius 1 is 1.33 bits per heavy atom. The molecule has 0 atom stereocenters. The molecule has 0 unspecified atom stereocenters. The Hall–Kier alpha value is 0.0500. The lowest BCUT2D eigenvalue weighted by molar-refractivity contribution is 1.10. The lowest BCUT2D eigenvalue weighted by Gasteiger charge is -2.02. The van der Waals surface area contributed by atoms with Crippen molar-refractivity contribution < 1.29 is 0 Å². The molecule has 0 heterocycles. The number of hydrogen-bond donors (Lipinski definition) is 0. The summed E-state index contributed by atoms with van der Waals surface area (Å²) in [6.45, 7) is 2.22. The summed E-state index contributed by atoms with van der Waals surface area (Å²) in [6, 6.07) is 8.42. The van der Waals surface area contributed by atoms with Crippen LogP contribution >= 0.6 is 27.7 Å². The Morgan fingerprint density at radius 3 is 2.75 bits per heavy atom. The molecule has 0 aromatic heterocycles. The van der Waals surface area contributed by atoms with E-state index in [1.54, 1.807) is 0 Å². The third-order valence-corrected chi connectivity index (χ3v) is 3.55. The average Bonchev–Trinajstić information content (AvgIpc) is 2.09. The van der Waals surface area contributed by atoms with Crippen molar-refractivity contribution in [1.82, 2.24) is 0 Å². The molecule has 66 valence electrons. The summed E-state index contributed by atoms with van der Waals surface area (Å²) in [5.74, 6) is 2.37. The summed E-state index contributed by atoms with van der Waals surface area (Å²) in [5.41, 5.74) is 1.40. The second-order valence-electron chi connectivity index (χ2n) is 2.64. The minimum atomic E-state index is 1.12. The second kappa shape index (κ2) is 5.65. The normalized spacial score (nSPS) is 10.2. The molecule has 0 bridgehead atoms. The van der Waals surface area contributed by atoms with Gasteiger partial charge in [-0.15, -0.1) is 0 Å². The third kappa shape index (κ3) is 3.20. The Balaban J connectivity index is 2.46. The van der Waals surface area contributed by atoms with Crippen molar-refractivity contribution in [3.05, 3.63) is 34.3 Å². The van der Waals surface area contributed by atoms with Crippen LogP contribution in [-0.2, 0) is 5.75 Å². The third-order valence-electron chi connectivity index (χ3n) is 1.56. The fourth-order valence-corrected chi connectivity index (χ4v) is 2.46. The molecular weight excluding hydrogens is 232 g/mol. The van der Waals surface area contributed by atoms with E-state index in [2.05, 4.69) is 47.1 Å². The fraction of sp³-hybridized carbons (Fsp3) is 0.400. The van der Waals surface area contributed by atoms with E-state index in [1.165, 1.54) is 22.2 Å². The number of benzene rings is 1. The highest BCUT2D eigenvalue weighted by molar-refractivity contribution is 9.10. The lowest BCUT2D eigenvalue weighted by atomic mass is 10.2. The molecule has 0 N–H and O–H groups in total. The maximum Gasteiger partial charge on any atom is 0.0215 e. The van der Waals surface area contributed by atoms with Crippen molar-refractivity contribution in [3.8, 4) is 0 Å². The zero-order chi connectivity index (χ0) is 8.81. The first-order valence-corrected chi connectivity index (χ1v) is 6.10. The highest BCUT2D eigenvalue weighted by Gasteiger charge is 1.96. The van der Waals surface area contributed by atoms with Crippen molar-refractivity contribution in [2.24, 2.45) is 0 Å². The molecule has 0 fully saturated rings. The average molecular weight is 245 g/mol. The number of halogens is 1. The van der Waals surface area contributed by atoms with Crippen LogP contribution in [0, 0.1) is 0 Å². The van der Waals surface area contributed by atoms with Crippen LogP contribution in [0.5, 0.6) is 0 Å². The number of hydrogen-bond acceptors (Lipinski definition) is 1. The smallest absolute Gasteiger partial charge is 0.0215 e. The van der Waals surface area contributed by atoms with Gasteiger partial charge in [-0.25, -0.2) is 0 Å². The SMILES string of the molecule is CCCSCc1ccccc1Br. The predicted octanol–water partition coefficient (Wildman–Crippen LogP) is 4.09. The van der Waals surface area contributed by atoms with Crippen LogP contribution in [0.2, 0.25) is 0 Å². The van der Waals surface area contributed by atoms with Crippen LogP contribution < -0.4 is 0 Å². The van der Waals surface area contributed by atoms with E-state index < -0.39 is 0 Å². The standard InChI is InChI=1S/C10H13BrS/c1-2-7-12-8-9-5-3-4-6-10(9)11/h3-6H,2,7-8H2,1H3. The summed E-state index contributed by atoms with van der Waals surface area (Å²) in [5, 5.41) is 0. The van der Waals surface area contributed by atoms with E-state index in [4.69, 9.17) is 0 Å². The fourth-order valence-electron chi connectivity index (χ4n) is 0.942. The monoisotopic (exact) mass is 244 g/mol. The van der Waals surface area contributed by atoms with Crippen LogP contribution in [0.25, 0.3) is 0 Å². The molecule has 1 rings (SSSR count). The lowest BCUT2D eigenvalue weighted by Crippen LogP contribution is -1.83. The van der Waals surface area contributed by atoms with Crippen molar-refractivity contribution in [1.29, 1.82) is 0 Å². The van der Waals surface area contributed by atoms with Gasteiger partial charge in [0.25, 0.3) is 0 Å². The molecule has 0 aliphatic heterocycles. The van der Waals surface area contributed by atoms with Crippen LogP contribution in [0.4, 0.5) is 0 Å². The first kappa shape index (κ1) is 10.1. The van der Waals surface area contributed by atoms with Crippen LogP contribution in [0.3, 0.4) is 0 Å². The molecule has 2 heteroatoms. The van der Waals surface area contributed by atoms with Gasteiger partial charge in [-0.2, -0.15) is 11.8 Å². The largest absolute Gasteiger partial charge is 0.157 e. The van der Waals surface area contributed by atoms with Crippen molar-refractivity contribution in [2.75, 3.05) is 5.75 Å². The maximum atomic E-state index is 3.54. The van der Waals surface area contributed by atoms with Crippen molar-refractivity contribution >= 4 is 27.7 Å². The van der Waals surface area contributed by atoms with Gasteiger partial charge in [-0.05, 0) is 23.8 Å². The Kier molecular flexibility index (Phi) is 4.77. The van der Waals surface area contributed by atoms with E-state index in [1.807, 2.05) is 11.8 Å². The van der Waals surface area contributed by atoms with E-state index in [-0.39, 0.29) is 0 Å². The summed E-state index contributed by atoms with van der Waals surface area (Å²) in [7, 11) is 0. The number of thioether (sulfide) groups is 1. The van der Waals surface area contributed by atoms with E-state index >= 15 is 0 Å². The summed E-state index contributed by atoms with van der Waals surface area (Å²) in [6.07, 6.45) is 1.26. The molecule has 0 spiro atoms. The zero-order valence-electron chi connectivity index (χ0n) is 7.22. The second-order valence-corrected chi connectivity index (χ2v) is 4.60. The highest BCUT2D eigenvalue weighted by Crippen LogP contribution is 2.21. The Labute approximate surface area is 86.9 Å². The molecular formula is C10H13BrS. The van der Waals surface area contributed by atoms with E-state index in [0.717, 1.165) is 5.75 Å². The molecule has 0 radical (unpaired) electrons. The van der Waals surface area contributed by atoms with E-state index in [9.17, 15) is 0 Å². The van der Waals surface area contributed by atoms with Gasteiger partial charge in [0.05, 0.1) is 0 Å². The van der Waals surface area contributed by atoms with Gasteiger partial charge in [-0.1, -0.05) is 41.1 Å². The van der Waals surface area contributed by atoms with Gasteiger partial charge in [-0.3, -0.25) is 0 Å². The Morgan fingerprint density at radius 2 is 2.08 bits per heavy atom. The van der Waals surface area contributed by atoms with Gasteiger partial charge in [0.2, 0.25) is 0 Å². The van der Waals surface area contributed by atoms with Crippen LogP contribution in [-0.4, -0.2) is 5.75 Å². The van der Waals surface area contributed by atoms with Gasteiger partial charge in [0, 0.05) is 10.2 Å². The summed E-state index contributed by atoms with van der Waals surface area (Å²) in [4.78, 5) is 0. The van der Waals surface area contributed by atoms with Crippen LogP contribution in [0.1, 0.15) is 18.9 Å². The molecule has 0 nitrogen and oxygen atoms in total. The molecule has 0 aliphatic rings. The maximum absolute atomic E-state index is 3.54. The van der Waals surface area contributed by atoms with Crippen LogP contribution in [0.15, 0.2) is 28.7 Å². The molecule has 0 amide bonds. The van der Waals surface area contributed by atoms with Crippen molar-refractivity contribution in [3.63, 3.8) is 0 Å². The molecule has 1 aromatic carbocycles. The van der Waals surface area contributed by atoms with Gasteiger partial charge in [0.15, 0.2) is 0 Å². The highest BCUT2D eigenvalue weighted by atomic mass is 79.9. The minimum Gasteiger partial charge on any atom is -0.157 e. The predicted molar refractivity (Wildman–Crippen MR) is 60.6 cm³/mol. The van der Waals surface area contributed by atoms with Gasteiger partial charge < -0.3 is 0 Å². The topological polar surface area (TPSA) is 0 Å². The molecule has 12 heavy (non-hydrogen) atoms. The summed E-state index contributed by atoms with van der Waals surface area (Å²) >= 11 is 5.53. The van der Waals surface area contributed by atoms with Gasteiger partial charge in [0.1, 0.15) is 0 Å². The quantitative estimate of drug-likeness (QED) is 0.720. The minimum absolute atomic E-state index is 1.12. The molecule has 0 saturated heterocycles. The summed E-state index contributed by atoms with van der Waals surface area (Å²) < 4.78 is 1.23. The molecule has 1 aromatic rings.